The van der Waals surface area contributed by atoms with Crippen molar-refractivity contribution < 1.29 is 19.0 Å². The summed E-state index contributed by atoms with van der Waals surface area (Å²) < 4.78 is 17.4. The fraction of sp³-hybridized carbons (Fsp3) is 0.409. The molecule has 0 radical (unpaired) electrons. The molecule has 0 N–H and O–H groups in total. The van der Waals surface area contributed by atoms with E-state index in [1.807, 2.05) is 18.2 Å². The molecule has 2 aromatic carbocycles. The highest BCUT2D eigenvalue weighted by Gasteiger charge is 2.16. The molecule has 0 aliphatic rings. The van der Waals surface area contributed by atoms with Gasteiger partial charge in [0, 0.05) is 5.56 Å². The van der Waals surface area contributed by atoms with Gasteiger partial charge in [-0.1, -0.05) is 45.2 Å². The van der Waals surface area contributed by atoms with Gasteiger partial charge in [0.05, 0.1) is 13.7 Å². The highest BCUT2D eigenvalue weighted by Crippen LogP contribution is 2.41. The molecule has 0 aromatic heterocycles. The molecule has 4 heteroatoms. The number of unbranched alkanes of at least 4 members (excludes halogenated alkanes) is 3. The zero-order valence-electron chi connectivity index (χ0n) is 15.9. The summed E-state index contributed by atoms with van der Waals surface area (Å²) in [4.78, 5) is 11.3. The normalized spacial score (nSPS) is 10.4. The van der Waals surface area contributed by atoms with Gasteiger partial charge in [-0.05, 0) is 42.7 Å². The highest BCUT2D eigenvalue weighted by atomic mass is 16.5. The molecule has 0 aliphatic carbocycles. The van der Waals surface area contributed by atoms with Crippen LogP contribution in [0.1, 0.15) is 55.5 Å². The van der Waals surface area contributed by atoms with Crippen molar-refractivity contribution in [2.45, 2.75) is 46.0 Å². The van der Waals surface area contributed by atoms with Crippen molar-refractivity contribution in [1.29, 1.82) is 0 Å². The maximum Gasteiger partial charge on any atom is 0.204 e. The van der Waals surface area contributed by atoms with Gasteiger partial charge in [0.25, 0.3) is 0 Å². The first kappa shape index (κ1) is 19.8. The Morgan fingerprint density at radius 1 is 1.00 bits per heavy atom. The van der Waals surface area contributed by atoms with E-state index in [1.54, 1.807) is 19.2 Å². The second-order valence-electron chi connectivity index (χ2n) is 6.18. The van der Waals surface area contributed by atoms with E-state index in [4.69, 9.17) is 14.2 Å². The van der Waals surface area contributed by atoms with Gasteiger partial charge in [0.15, 0.2) is 11.5 Å². The molecule has 0 spiro atoms. The zero-order valence-corrected chi connectivity index (χ0v) is 15.9. The molecule has 0 amide bonds. The van der Waals surface area contributed by atoms with E-state index in [0.717, 1.165) is 25.5 Å². The minimum Gasteiger partial charge on any atom is -0.493 e. The minimum absolute atomic E-state index is 0.488. The quantitative estimate of drug-likeness (QED) is 0.376. The molecule has 4 nitrogen and oxygen atoms in total. The van der Waals surface area contributed by atoms with Gasteiger partial charge in [-0.3, -0.25) is 4.79 Å². The molecule has 0 atom stereocenters. The lowest BCUT2D eigenvalue weighted by Crippen LogP contribution is -2.02. The minimum atomic E-state index is 0.488. The van der Waals surface area contributed by atoms with Gasteiger partial charge in [-0.25, -0.2) is 0 Å². The third-order valence-electron chi connectivity index (χ3n) is 4.18. The molecule has 0 saturated carbocycles. The molecule has 0 aliphatic heterocycles. The van der Waals surface area contributed by atoms with Crippen molar-refractivity contribution in [3.05, 3.63) is 47.5 Å². The van der Waals surface area contributed by atoms with E-state index in [2.05, 4.69) is 19.9 Å². The zero-order chi connectivity index (χ0) is 18.8. The molecule has 0 unspecified atom stereocenters. The number of aldehydes is 1. The summed E-state index contributed by atoms with van der Waals surface area (Å²) in [7, 11) is 1.56. The van der Waals surface area contributed by atoms with Gasteiger partial charge in [0.1, 0.15) is 12.0 Å². The van der Waals surface area contributed by atoms with Gasteiger partial charge >= 0.3 is 0 Å². The molecule has 2 rings (SSSR count). The van der Waals surface area contributed by atoms with E-state index in [0.29, 0.717) is 35.2 Å². The van der Waals surface area contributed by atoms with Crippen molar-refractivity contribution in [1.82, 2.24) is 0 Å². The lowest BCUT2D eigenvalue weighted by atomic mass is 10.1. The summed E-state index contributed by atoms with van der Waals surface area (Å²) in [5.41, 5.74) is 1.67. The molecule has 0 bridgehead atoms. The van der Waals surface area contributed by atoms with Crippen LogP contribution in [0.5, 0.6) is 23.0 Å². The predicted molar refractivity (Wildman–Crippen MR) is 104 cm³/mol. The summed E-state index contributed by atoms with van der Waals surface area (Å²) in [6.45, 7) is 4.86. The number of carbonyl (C=O) groups excluding carboxylic acids is 1. The Kier molecular flexibility index (Phi) is 8.00. The summed E-state index contributed by atoms with van der Waals surface area (Å²) in [5.74, 6) is 2.25. The highest BCUT2D eigenvalue weighted by molar-refractivity contribution is 5.78. The number of hydrogen-bond donors (Lipinski definition) is 0. The third-order valence-corrected chi connectivity index (χ3v) is 4.18. The van der Waals surface area contributed by atoms with Crippen molar-refractivity contribution in [3.8, 4) is 23.0 Å². The molecular weight excluding hydrogens is 328 g/mol. The monoisotopic (exact) mass is 356 g/mol. The van der Waals surface area contributed by atoms with E-state index in [1.165, 1.54) is 18.4 Å². The third kappa shape index (κ3) is 5.51. The number of methoxy groups -OCH3 is 1. The smallest absolute Gasteiger partial charge is 0.204 e. The number of rotatable bonds is 11. The van der Waals surface area contributed by atoms with Crippen LogP contribution >= 0.6 is 0 Å². The Morgan fingerprint density at radius 2 is 1.81 bits per heavy atom. The average molecular weight is 356 g/mol. The average Bonchev–Trinajstić information content (AvgIpc) is 2.68. The summed E-state index contributed by atoms with van der Waals surface area (Å²) in [6.07, 6.45) is 6.17. The van der Waals surface area contributed by atoms with Gasteiger partial charge in [-0.2, -0.15) is 0 Å². The first-order valence-corrected chi connectivity index (χ1v) is 9.28. The molecule has 26 heavy (non-hydrogen) atoms. The van der Waals surface area contributed by atoms with E-state index in [-0.39, 0.29) is 0 Å². The van der Waals surface area contributed by atoms with Crippen LogP contribution in [-0.2, 0) is 6.42 Å². The van der Waals surface area contributed by atoms with Crippen LogP contribution in [0.2, 0.25) is 0 Å². The number of ether oxygens (including phenoxy) is 3. The summed E-state index contributed by atoms with van der Waals surface area (Å²) in [5, 5.41) is 0. The van der Waals surface area contributed by atoms with Crippen LogP contribution in [-0.4, -0.2) is 20.0 Å². The van der Waals surface area contributed by atoms with Gasteiger partial charge < -0.3 is 14.2 Å². The Balaban J connectivity index is 2.26. The molecule has 2 aromatic rings. The topological polar surface area (TPSA) is 44.8 Å². The van der Waals surface area contributed by atoms with Crippen LogP contribution in [0.3, 0.4) is 0 Å². The van der Waals surface area contributed by atoms with Gasteiger partial charge in [0.2, 0.25) is 5.75 Å². The molecule has 0 fully saturated rings. The Labute approximate surface area is 156 Å². The second kappa shape index (κ2) is 10.5. The summed E-state index contributed by atoms with van der Waals surface area (Å²) in [6, 6.07) is 11.3. The van der Waals surface area contributed by atoms with Crippen molar-refractivity contribution in [2.24, 2.45) is 0 Å². The molecule has 140 valence electrons. The van der Waals surface area contributed by atoms with Crippen LogP contribution in [0.4, 0.5) is 0 Å². The second-order valence-corrected chi connectivity index (χ2v) is 6.18. The largest absolute Gasteiger partial charge is 0.493 e. The lowest BCUT2D eigenvalue weighted by Gasteiger charge is -2.16. The Hall–Kier alpha value is -2.49. The van der Waals surface area contributed by atoms with Crippen molar-refractivity contribution in [2.75, 3.05) is 13.7 Å². The van der Waals surface area contributed by atoms with E-state index < -0.39 is 0 Å². The fourth-order valence-electron chi connectivity index (χ4n) is 2.69. The fourth-order valence-corrected chi connectivity index (χ4v) is 2.69. The number of benzene rings is 2. The SMILES string of the molecule is CCCCCCOc1c(OC)cc(C=O)cc1Oc1cccc(CC)c1. The van der Waals surface area contributed by atoms with Crippen LogP contribution < -0.4 is 14.2 Å². The molecule has 0 saturated heterocycles. The predicted octanol–water partition coefficient (Wildman–Crippen LogP) is 5.82. The van der Waals surface area contributed by atoms with Gasteiger partial charge in [-0.15, -0.1) is 0 Å². The van der Waals surface area contributed by atoms with E-state index >= 15 is 0 Å². The van der Waals surface area contributed by atoms with E-state index in [9.17, 15) is 4.79 Å². The number of aryl methyl sites for hydroxylation is 1. The first-order chi connectivity index (χ1) is 12.7. The van der Waals surface area contributed by atoms with Crippen LogP contribution in [0, 0.1) is 0 Å². The van der Waals surface area contributed by atoms with Crippen LogP contribution in [0.15, 0.2) is 36.4 Å². The maximum absolute atomic E-state index is 11.3. The van der Waals surface area contributed by atoms with Crippen LogP contribution in [0.25, 0.3) is 0 Å². The maximum atomic E-state index is 11.3. The summed E-state index contributed by atoms with van der Waals surface area (Å²) >= 11 is 0. The Bertz CT molecular complexity index is 709. The molecular formula is C22H28O4. The first-order valence-electron chi connectivity index (χ1n) is 9.28. The number of carbonyl (C=O) groups is 1. The van der Waals surface area contributed by atoms with Crippen molar-refractivity contribution in [3.63, 3.8) is 0 Å². The van der Waals surface area contributed by atoms with Crippen molar-refractivity contribution >= 4 is 6.29 Å². The number of hydrogen-bond acceptors (Lipinski definition) is 4. The standard InChI is InChI=1S/C22H28O4/c1-4-6-7-8-12-25-22-20(24-3)14-18(16-23)15-21(22)26-19-11-9-10-17(5-2)13-19/h9-11,13-16H,4-8,12H2,1-3H3. The lowest BCUT2D eigenvalue weighted by molar-refractivity contribution is 0.112. The molecule has 0 heterocycles. The Morgan fingerprint density at radius 3 is 2.50 bits per heavy atom.